The van der Waals surface area contributed by atoms with Gasteiger partial charge in [-0.05, 0) is 24.1 Å². The predicted molar refractivity (Wildman–Crippen MR) is 90.5 cm³/mol. The van der Waals surface area contributed by atoms with E-state index in [2.05, 4.69) is 0 Å². The molecule has 0 aromatic heterocycles. The number of aliphatic carboxylic acids is 1. The Bertz CT molecular complexity index is 750. The largest absolute Gasteiger partial charge is 0.504 e. The summed E-state index contributed by atoms with van der Waals surface area (Å²) in [7, 11) is 0. The van der Waals surface area contributed by atoms with E-state index < -0.39 is 42.4 Å². The fourth-order valence-electron chi connectivity index (χ4n) is 3.56. The number of rotatable bonds is 5. The van der Waals surface area contributed by atoms with Crippen LogP contribution < -0.4 is 4.74 Å². The highest BCUT2D eigenvalue weighted by Gasteiger charge is 2.53. The van der Waals surface area contributed by atoms with Gasteiger partial charge in [0.2, 0.25) is 0 Å². The van der Waals surface area contributed by atoms with E-state index in [0.29, 0.717) is 24.8 Å². The minimum Gasteiger partial charge on any atom is -0.504 e. The lowest BCUT2D eigenvalue weighted by Gasteiger charge is -2.42. The summed E-state index contributed by atoms with van der Waals surface area (Å²) in [4.78, 5) is 22.7. The summed E-state index contributed by atoms with van der Waals surface area (Å²) in [5, 5.41) is 59.2. The normalized spacial score (nSPS) is 35.4. The summed E-state index contributed by atoms with van der Waals surface area (Å²) in [6.45, 7) is 0. The lowest BCUT2D eigenvalue weighted by Crippen LogP contribution is -2.64. The van der Waals surface area contributed by atoms with Crippen LogP contribution in [0.3, 0.4) is 0 Å². The molecule has 0 amide bonds. The van der Waals surface area contributed by atoms with E-state index in [1.54, 1.807) is 6.07 Å². The van der Waals surface area contributed by atoms with Crippen LogP contribution in [-0.4, -0.2) is 79.2 Å². The van der Waals surface area contributed by atoms with Crippen molar-refractivity contribution in [3.8, 4) is 11.5 Å². The fraction of sp³-hybridized carbons (Fsp3) is 0.556. The fourth-order valence-corrected chi connectivity index (χ4v) is 3.56. The Balaban J connectivity index is 1.83. The van der Waals surface area contributed by atoms with Gasteiger partial charge in [-0.25, -0.2) is 0 Å². The van der Waals surface area contributed by atoms with Gasteiger partial charge in [0.1, 0.15) is 36.4 Å². The summed E-state index contributed by atoms with van der Waals surface area (Å²) in [5.41, 5.74) is 0.630. The van der Waals surface area contributed by atoms with Gasteiger partial charge in [0.25, 0.3) is 0 Å². The number of benzene rings is 1. The molecule has 7 atom stereocenters. The third-order valence-electron chi connectivity index (χ3n) is 5.11. The average molecular weight is 398 g/mol. The van der Waals surface area contributed by atoms with Crippen LogP contribution in [0.5, 0.6) is 11.5 Å². The first kappa shape index (κ1) is 20.3. The molecule has 2 fully saturated rings. The van der Waals surface area contributed by atoms with E-state index in [1.165, 1.54) is 12.1 Å². The van der Waals surface area contributed by atoms with Crippen LogP contribution in [0.2, 0.25) is 0 Å². The molecule has 2 aliphatic rings. The van der Waals surface area contributed by atoms with Crippen LogP contribution in [0.4, 0.5) is 0 Å². The van der Waals surface area contributed by atoms with Crippen molar-refractivity contribution in [2.24, 2.45) is 5.92 Å². The van der Waals surface area contributed by atoms with E-state index in [0.717, 1.165) is 0 Å². The molecule has 1 aromatic carbocycles. The molecule has 0 radical (unpaired) electrons. The van der Waals surface area contributed by atoms with Crippen molar-refractivity contribution >= 4 is 11.9 Å². The topological polar surface area (TPSA) is 174 Å². The number of phenols is 1. The maximum absolute atomic E-state index is 11.5. The van der Waals surface area contributed by atoms with Gasteiger partial charge in [0.15, 0.2) is 11.5 Å². The zero-order valence-corrected chi connectivity index (χ0v) is 14.7. The number of carboxylic acids is 1. The van der Waals surface area contributed by atoms with Crippen molar-refractivity contribution in [1.29, 1.82) is 0 Å². The Morgan fingerprint density at radius 3 is 2.39 bits per heavy atom. The van der Waals surface area contributed by atoms with Gasteiger partial charge in [-0.2, -0.15) is 0 Å². The number of aromatic hydroxyl groups is 1. The number of carbonyl (C=O) groups is 2. The average Bonchev–Trinajstić information content (AvgIpc) is 3.05. The maximum atomic E-state index is 11.5. The van der Waals surface area contributed by atoms with E-state index in [9.17, 15) is 40.2 Å². The molecule has 154 valence electrons. The maximum Gasteiger partial charge on any atom is 0.313 e. The monoisotopic (exact) mass is 398 g/mol. The molecule has 28 heavy (non-hydrogen) atoms. The lowest BCUT2D eigenvalue weighted by atomic mass is 9.78. The Morgan fingerprint density at radius 1 is 1.11 bits per heavy atom. The van der Waals surface area contributed by atoms with Gasteiger partial charge in [0, 0.05) is 12.8 Å². The third-order valence-corrected chi connectivity index (χ3v) is 5.11. The molecule has 0 bridgehead atoms. The number of carboxylic acid groups (broad SMARTS) is 1. The second kappa shape index (κ2) is 7.92. The van der Waals surface area contributed by atoms with Crippen molar-refractivity contribution in [2.45, 2.75) is 55.9 Å². The predicted octanol–water partition coefficient (Wildman–Crippen LogP) is -1.45. The van der Waals surface area contributed by atoms with Crippen LogP contribution in [0.1, 0.15) is 18.4 Å². The van der Waals surface area contributed by atoms with Gasteiger partial charge in [-0.15, -0.1) is 0 Å². The van der Waals surface area contributed by atoms with Crippen molar-refractivity contribution in [2.75, 3.05) is 0 Å². The molecule has 6 N–H and O–H groups in total. The van der Waals surface area contributed by atoms with E-state index in [-0.39, 0.29) is 23.6 Å². The molecule has 1 heterocycles. The zero-order chi connectivity index (χ0) is 20.6. The van der Waals surface area contributed by atoms with Gasteiger partial charge in [0.05, 0.1) is 6.10 Å². The van der Waals surface area contributed by atoms with Crippen molar-refractivity contribution in [3.63, 3.8) is 0 Å². The summed E-state index contributed by atoms with van der Waals surface area (Å²) >= 11 is 0. The Morgan fingerprint density at radius 2 is 1.79 bits per heavy atom. The van der Waals surface area contributed by atoms with Crippen LogP contribution in [-0.2, 0) is 20.7 Å². The first-order valence-electron chi connectivity index (χ1n) is 8.82. The zero-order valence-electron chi connectivity index (χ0n) is 14.7. The van der Waals surface area contributed by atoms with Gasteiger partial charge in [-0.3, -0.25) is 9.59 Å². The van der Waals surface area contributed by atoms with Gasteiger partial charge >= 0.3 is 11.9 Å². The molecule has 7 unspecified atom stereocenters. The van der Waals surface area contributed by atoms with Crippen LogP contribution in [0, 0.1) is 5.92 Å². The Labute approximate surface area is 159 Å². The van der Waals surface area contributed by atoms with Crippen molar-refractivity contribution in [3.05, 3.63) is 23.8 Å². The summed E-state index contributed by atoms with van der Waals surface area (Å²) in [6.07, 6.45) is -8.14. The minimum absolute atomic E-state index is 0.173. The third kappa shape index (κ3) is 3.90. The van der Waals surface area contributed by atoms with Crippen molar-refractivity contribution in [1.82, 2.24) is 0 Å². The molecule has 1 saturated carbocycles. The number of cyclic esters (lactones) is 1. The first-order chi connectivity index (χ1) is 13.2. The summed E-state index contributed by atoms with van der Waals surface area (Å²) in [5.74, 6) is -4.11. The Kier molecular flexibility index (Phi) is 5.75. The molecule has 10 heteroatoms. The number of phenolic OH excluding ortho intramolecular Hbond substituents is 1. The van der Waals surface area contributed by atoms with E-state index in [1.807, 2.05) is 0 Å². The Hall–Kier alpha value is -2.40. The molecule has 1 saturated heterocycles. The van der Waals surface area contributed by atoms with E-state index >= 15 is 0 Å². The number of carbonyl (C=O) groups excluding carboxylic acids is 1. The lowest BCUT2D eigenvalue weighted by molar-refractivity contribution is -0.206. The summed E-state index contributed by atoms with van der Waals surface area (Å²) < 4.78 is 10.6. The number of hydrogen-bond donors (Lipinski definition) is 6. The molecule has 3 rings (SSSR count). The molecule has 1 aliphatic heterocycles. The van der Waals surface area contributed by atoms with Gasteiger partial charge < -0.3 is 40.1 Å². The van der Waals surface area contributed by atoms with Crippen LogP contribution in [0.15, 0.2) is 18.2 Å². The van der Waals surface area contributed by atoms with Crippen LogP contribution >= 0.6 is 0 Å². The van der Waals surface area contributed by atoms with Crippen LogP contribution in [0.25, 0.3) is 0 Å². The number of hydrogen-bond acceptors (Lipinski definition) is 9. The standard InChI is InChI=1S/C18H22O10/c19-9-3-1-7(5-8-2-4-11(20)27-8)6-10(9)28-17-12(18(25)26)13(21)14(22)15(23)16(17)24/h1,3,6,8,12-17,19,21-24H,2,4-5H2,(H,25,26). The second-order valence-corrected chi connectivity index (χ2v) is 7.07. The molecular weight excluding hydrogens is 376 g/mol. The molecule has 0 spiro atoms. The highest BCUT2D eigenvalue weighted by Crippen LogP contribution is 2.35. The molecular formula is C18H22O10. The van der Waals surface area contributed by atoms with Gasteiger partial charge in [-0.1, -0.05) is 6.07 Å². The molecule has 10 nitrogen and oxygen atoms in total. The number of aliphatic hydroxyl groups excluding tert-OH is 4. The molecule has 1 aliphatic carbocycles. The minimum atomic E-state index is -1.89. The number of ether oxygens (including phenoxy) is 2. The second-order valence-electron chi connectivity index (χ2n) is 7.07. The quantitative estimate of drug-likeness (QED) is 0.322. The SMILES string of the molecule is O=C1CCC(Cc2ccc(O)c(OC3C(O)C(O)C(O)C(O)C3C(=O)O)c2)O1. The smallest absolute Gasteiger partial charge is 0.313 e. The summed E-state index contributed by atoms with van der Waals surface area (Å²) in [6, 6.07) is 4.28. The first-order valence-corrected chi connectivity index (χ1v) is 8.82. The van der Waals surface area contributed by atoms with E-state index in [4.69, 9.17) is 9.47 Å². The highest BCUT2D eigenvalue weighted by atomic mass is 16.5. The van der Waals surface area contributed by atoms with Crippen molar-refractivity contribution < 1.29 is 49.7 Å². The molecule has 1 aromatic rings. The number of aliphatic hydroxyl groups is 4. The highest BCUT2D eigenvalue weighted by molar-refractivity contribution is 5.72. The number of esters is 1.